The van der Waals surface area contributed by atoms with Crippen molar-refractivity contribution in [3.05, 3.63) is 17.7 Å². The van der Waals surface area contributed by atoms with E-state index in [-0.39, 0.29) is 36.8 Å². The van der Waals surface area contributed by atoms with Gasteiger partial charge in [0.2, 0.25) is 0 Å². The lowest BCUT2D eigenvalue weighted by molar-refractivity contribution is 0.0568. The fourth-order valence-electron chi connectivity index (χ4n) is 2.91. The number of carbonyl (C=O) groups excluding carboxylic acids is 1. The fourth-order valence-corrected chi connectivity index (χ4v) is 2.91. The van der Waals surface area contributed by atoms with Crippen molar-refractivity contribution in [3.8, 4) is 0 Å². The number of hydrogen-bond donors (Lipinski definition) is 2. The van der Waals surface area contributed by atoms with Crippen LogP contribution in [0.15, 0.2) is 6.20 Å². The van der Waals surface area contributed by atoms with Crippen LogP contribution < -0.4 is 5.73 Å². The molecule has 5 nitrogen and oxygen atoms in total. The molecule has 2 aliphatic rings. The molecular formula is C14H24Cl2N4O. The summed E-state index contributed by atoms with van der Waals surface area (Å²) in [4.78, 5) is 22.0. The van der Waals surface area contributed by atoms with Gasteiger partial charge in [0.1, 0.15) is 11.5 Å². The van der Waals surface area contributed by atoms with Crippen LogP contribution in [-0.4, -0.2) is 39.9 Å². The van der Waals surface area contributed by atoms with Gasteiger partial charge in [-0.25, -0.2) is 4.98 Å². The number of halogens is 2. The number of hydrogen-bond acceptors (Lipinski definition) is 3. The Hall–Kier alpha value is -0.780. The van der Waals surface area contributed by atoms with Crippen LogP contribution in [0.2, 0.25) is 0 Å². The Morgan fingerprint density at radius 2 is 2.14 bits per heavy atom. The maximum atomic E-state index is 12.5. The molecule has 1 aliphatic carbocycles. The molecule has 1 aromatic heterocycles. The molecule has 1 aromatic rings. The van der Waals surface area contributed by atoms with Gasteiger partial charge in [0.05, 0.1) is 6.20 Å². The molecule has 21 heavy (non-hydrogen) atoms. The highest BCUT2D eigenvalue weighted by Crippen LogP contribution is 2.38. The summed E-state index contributed by atoms with van der Waals surface area (Å²) in [5.74, 6) is 2.23. The molecule has 1 amide bonds. The minimum atomic E-state index is 0. The molecule has 7 heteroatoms. The summed E-state index contributed by atoms with van der Waals surface area (Å²) >= 11 is 0. The van der Waals surface area contributed by atoms with Crippen LogP contribution in [0.25, 0.3) is 0 Å². The molecule has 3 N–H and O–H groups in total. The van der Waals surface area contributed by atoms with Crippen LogP contribution in [0.4, 0.5) is 0 Å². The number of rotatable bonds is 3. The van der Waals surface area contributed by atoms with Gasteiger partial charge in [-0.1, -0.05) is 6.92 Å². The third-order valence-electron chi connectivity index (χ3n) is 4.30. The molecule has 2 atom stereocenters. The lowest BCUT2D eigenvalue weighted by Crippen LogP contribution is -2.49. The third-order valence-corrected chi connectivity index (χ3v) is 4.30. The number of likely N-dealkylation sites (tertiary alicyclic amines) is 1. The fraction of sp³-hybridized carbons (Fsp3) is 0.714. The highest BCUT2D eigenvalue weighted by atomic mass is 35.5. The van der Waals surface area contributed by atoms with Crippen LogP contribution in [0, 0.1) is 5.92 Å². The number of aromatic nitrogens is 2. The van der Waals surface area contributed by atoms with Crippen molar-refractivity contribution < 1.29 is 4.79 Å². The Labute approximate surface area is 137 Å². The average Bonchev–Trinajstić information content (AvgIpc) is 3.15. The van der Waals surface area contributed by atoms with E-state index in [2.05, 4.69) is 16.9 Å². The second-order valence-corrected chi connectivity index (χ2v) is 5.97. The maximum absolute atomic E-state index is 12.5. The molecule has 0 spiro atoms. The summed E-state index contributed by atoms with van der Waals surface area (Å²) in [7, 11) is 0. The number of amides is 1. The lowest BCUT2D eigenvalue weighted by atomic mass is 9.92. The van der Waals surface area contributed by atoms with Crippen LogP contribution >= 0.6 is 24.8 Å². The number of piperidine rings is 1. The first-order valence-electron chi connectivity index (χ1n) is 7.25. The summed E-state index contributed by atoms with van der Waals surface area (Å²) < 4.78 is 0. The van der Waals surface area contributed by atoms with Crippen molar-refractivity contribution >= 4 is 30.7 Å². The van der Waals surface area contributed by atoms with E-state index in [1.165, 1.54) is 12.8 Å². The van der Waals surface area contributed by atoms with Gasteiger partial charge < -0.3 is 15.6 Å². The Morgan fingerprint density at radius 3 is 2.76 bits per heavy atom. The average molecular weight is 335 g/mol. The van der Waals surface area contributed by atoms with Crippen LogP contribution in [0.5, 0.6) is 0 Å². The zero-order valence-corrected chi connectivity index (χ0v) is 13.9. The van der Waals surface area contributed by atoms with Crippen molar-refractivity contribution in [1.29, 1.82) is 0 Å². The minimum Gasteiger partial charge on any atom is -0.338 e. The maximum Gasteiger partial charge on any atom is 0.272 e. The molecule has 0 radical (unpaired) electrons. The Kier molecular flexibility index (Phi) is 6.50. The second-order valence-electron chi connectivity index (χ2n) is 5.97. The molecular weight excluding hydrogens is 311 g/mol. The number of nitrogens with two attached hydrogens (primary N) is 1. The summed E-state index contributed by atoms with van der Waals surface area (Å²) in [6, 6.07) is 0.170. The van der Waals surface area contributed by atoms with Gasteiger partial charge >= 0.3 is 0 Å². The number of carbonyl (C=O) groups is 1. The van der Waals surface area contributed by atoms with Crippen molar-refractivity contribution in [2.45, 2.75) is 44.6 Å². The molecule has 120 valence electrons. The highest BCUT2D eigenvalue weighted by Gasteiger charge is 2.32. The van der Waals surface area contributed by atoms with Crippen LogP contribution in [-0.2, 0) is 0 Å². The molecule has 0 bridgehead atoms. The zero-order valence-electron chi connectivity index (χ0n) is 12.2. The summed E-state index contributed by atoms with van der Waals surface area (Å²) in [6.45, 7) is 3.57. The van der Waals surface area contributed by atoms with E-state index in [9.17, 15) is 4.79 Å². The third kappa shape index (κ3) is 3.90. The predicted molar refractivity (Wildman–Crippen MR) is 87.3 cm³/mol. The van der Waals surface area contributed by atoms with Gasteiger partial charge in [-0.2, -0.15) is 0 Å². The van der Waals surface area contributed by atoms with Crippen LogP contribution in [0.3, 0.4) is 0 Å². The molecule has 2 heterocycles. The highest BCUT2D eigenvalue weighted by molar-refractivity contribution is 5.92. The van der Waals surface area contributed by atoms with E-state index in [1.54, 1.807) is 6.20 Å². The Morgan fingerprint density at radius 1 is 1.43 bits per heavy atom. The quantitative estimate of drug-likeness (QED) is 0.890. The smallest absolute Gasteiger partial charge is 0.272 e. The van der Waals surface area contributed by atoms with Crippen molar-refractivity contribution in [2.75, 3.05) is 13.1 Å². The normalized spacial score (nSPS) is 25.0. The molecule has 1 aliphatic heterocycles. The first kappa shape index (κ1) is 18.3. The molecule has 0 aromatic carbocycles. The first-order chi connectivity index (χ1) is 9.19. The van der Waals surface area contributed by atoms with Gasteiger partial charge in [-0.3, -0.25) is 4.79 Å². The number of H-pyrrole nitrogens is 1. The SMILES string of the molecule is CC1CCN(C(=O)c2cnc(C3CC3)[nH]2)C(CN)C1.Cl.Cl. The summed E-state index contributed by atoms with van der Waals surface area (Å²) in [5, 5.41) is 0. The molecule has 3 rings (SSSR count). The van der Waals surface area contributed by atoms with E-state index < -0.39 is 0 Å². The molecule has 2 fully saturated rings. The molecule has 2 unspecified atom stereocenters. The Balaban J connectivity index is 0.00000110. The van der Waals surface area contributed by atoms with E-state index >= 15 is 0 Å². The monoisotopic (exact) mass is 334 g/mol. The second kappa shape index (κ2) is 7.47. The van der Waals surface area contributed by atoms with Crippen molar-refractivity contribution in [3.63, 3.8) is 0 Å². The van der Waals surface area contributed by atoms with Crippen LogP contribution in [0.1, 0.15) is 54.8 Å². The van der Waals surface area contributed by atoms with Crippen molar-refractivity contribution in [1.82, 2.24) is 14.9 Å². The van der Waals surface area contributed by atoms with Gasteiger partial charge in [-0.05, 0) is 31.6 Å². The summed E-state index contributed by atoms with van der Waals surface area (Å²) in [6.07, 6.45) is 6.13. The number of nitrogens with zero attached hydrogens (tertiary/aromatic N) is 2. The van der Waals surface area contributed by atoms with Gasteiger partial charge in [0, 0.05) is 25.0 Å². The van der Waals surface area contributed by atoms with Gasteiger partial charge in [-0.15, -0.1) is 24.8 Å². The topological polar surface area (TPSA) is 75.0 Å². The number of imidazole rings is 1. The Bertz CT molecular complexity index is 475. The lowest BCUT2D eigenvalue weighted by Gasteiger charge is -2.37. The van der Waals surface area contributed by atoms with E-state index in [4.69, 9.17) is 5.73 Å². The van der Waals surface area contributed by atoms with E-state index in [0.29, 0.717) is 24.1 Å². The van der Waals surface area contributed by atoms with E-state index in [0.717, 1.165) is 25.2 Å². The molecule has 1 saturated carbocycles. The van der Waals surface area contributed by atoms with Gasteiger partial charge in [0.15, 0.2) is 0 Å². The van der Waals surface area contributed by atoms with Crippen molar-refractivity contribution in [2.24, 2.45) is 11.7 Å². The zero-order chi connectivity index (χ0) is 13.4. The van der Waals surface area contributed by atoms with E-state index in [1.807, 2.05) is 4.90 Å². The largest absolute Gasteiger partial charge is 0.338 e. The number of aromatic amines is 1. The summed E-state index contributed by atoms with van der Waals surface area (Å²) in [5.41, 5.74) is 6.44. The minimum absolute atomic E-state index is 0. The predicted octanol–water partition coefficient (Wildman–Crippen LogP) is 2.33. The number of nitrogens with one attached hydrogen (secondary N) is 1. The van der Waals surface area contributed by atoms with Gasteiger partial charge in [0.25, 0.3) is 5.91 Å². The standard InChI is InChI=1S/C14H22N4O.2ClH/c1-9-4-5-18(11(6-9)7-15)14(19)12-8-16-13(17-12)10-2-3-10;;/h8-11H,2-7,15H2,1H3,(H,16,17);2*1H. The first-order valence-corrected chi connectivity index (χ1v) is 7.25. The molecule has 1 saturated heterocycles.